The van der Waals surface area contributed by atoms with E-state index in [9.17, 15) is 0 Å². The number of anilines is 1. The molecule has 0 spiro atoms. The van der Waals surface area contributed by atoms with E-state index in [-0.39, 0.29) is 0 Å². The van der Waals surface area contributed by atoms with E-state index in [0.29, 0.717) is 5.88 Å². The van der Waals surface area contributed by atoms with Crippen LogP contribution in [0.25, 0.3) is 0 Å². The molecule has 1 nitrogen and oxygen atoms in total. The van der Waals surface area contributed by atoms with Gasteiger partial charge in [0.25, 0.3) is 0 Å². The zero-order chi connectivity index (χ0) is 12.1. The van der Waals surface area contributed by atoms with Crippen molar-refractivity contribution in [3.63, 3.8) is 0 Å². The van der Waals surface area contributed by atoms with Gasteiger partial charge in [0.1, 0.15) is 0 Å². The van der Waals surface area contributed by atoms with Crippen LogP contribution in [0.15, 0.2) is 53.0 Å². The molecule has 88 valence electrons. The summed E-state index contributed by atoms with van der Waals surface area (Å²) in [5, 5.41) is 3.40. The topological polar surface area (TPSA) is 12.0 Å². The number of halogens is 2. The van der Waals surface area contributed by atoms with Crippen molar-refractivity contribution in [1.82, 2.24) is 0 Å². The van der Waals surface area contributed by atoms with Gasteiger partial charge in [0.15, 0.2) is 0 Å². The highest BCUT2D eigenvalue weighted by Gasteiger charge is 2.00. The van der Waals surface area contributed by atoms with Crippen LogP contribution in [-0.4, -0.2) is 0 Å². The Labute approximate surface area is 115 Å². The van der Waals surface area contributed by atoms with Crippen molar-refractivity contribution in [2.45, 2.75) is 12.4 Å². The summed E-state index contributed by atoms with van der Waals surface area (Å²) in [6, 6.07) is 16.4. The highest BCUT2D eigenvalue weighted by molar-refractivity contribution is 9.10. The van der Waals surface area contributed by atoms with Gasteiger partial charge >= 0.3 is 0 Å². The van der Waals surface area contributed by atoms with Gasteiger partial charge in [0.2, 0.25) is 0 Å². The third kappa shape index (κ3) is 3.48. The summed E-state index contributed by atoms with van der Waals surface area (Å²) in [6.45, 7) is 0.799. The number of para-hydroxylation sites is 1. The van der Waals surface area contributed by atoms with Crippen LogP contribution in [0, 0.1) is 0 Å². The van der Waals surface area contributed by atoms with E-state index in [1.54, 1.807) is 0 Å². The van der Waals surface area contributed by atoms with Gasteiger partial charge in [-0.25, -0.2) is 0 Å². The lowest BCUT2D eigenvalue weighted by Crippen LogP contribution is -2.01. The zero-order valence-corrected chi connectivity index (χ0v) is 11.6. The second-order valence-corrected chi connectivity index (χ2v) is 4.96. The first-order chi connectivity index (χ1) is 8.29. The molecule has 0 radical (unpaired) electrons. The molecule has 0 aromatic heterocycles. The predicted octanol–water partition coefficient (Wildman–Crippen LogP) is 4.80. The summed E-state index contributed by atoms with van der Waals surface area (Å²) >= 11 is 9.36. The van der Waals surface area contributed by atoms with Gasteiger partial charge in [-0.15, -0.1) is 11.6 Å². The Morgan fingerprint density at radius 2 is 1.88 bits per heavy atom. The first kappa shape index (κ1) is 12.5. The van der Waals surface area contributed by atoms with E-state index in [1.165, 1.54) is 5.56 Å². The first-order valence-corrected chi connectivity index (χ1v) is 6.74. The molecule has 0 heterocycles. The van der Waals surface area contributed by atoms with E-state index in [2.05, 4.69) is 39.4 Å². The molecule has 1 N–H and O–H groups in total. The average molecular weight is 311 g/mol. The van der Waals surface area contributed by atoms with Crippen molar-refractivity contribution in [2.24, 2.45) is 0 Å². The predicted molar refractivity (Wildman–Crippen MR) is 77.5 cm³/mol. The van der Waals surface area contributed by atoms with Gasteiger partial charge in [0.05, 0.1) is 0 Å². The maximum Gasteiger partial charge on any atom is 0.0494 e. The summed E-state index contributed by atoms with van der Waals surface area (Å²) in [6.07, 6.45) is 0. The van der Waals surface area contributed by atoms with Crippen molar-refractivity contribution in [1.29, 1.82) is 0 Å². The Morgan fingerprint density at radius 1 is 1.06 bits per heavy atom. The Bertz CT molecular complexity index is 499. The lowest BCUT2D eigenvalue weighted by Gasteiger charge is -2.10. The van der Waals surface area contributed by atoms with Gasteiger partial charge in [-0.2, -0.15) is 0 Å². The smallest absolute Gasteiger partial charge is 0.0494 e. The minimum absolute atomic E-state index is 0.529. The number of hydrogen-bond acceptors (Lipinski definition) is 1. The van der Waals surface area contributed by atoms with Crippen LogP contribution in [0.2, 0.25) is 0 Å². The largest absolute Gasteiger partial charge is 0.381 e. The number of benzene rings is 2. The number of hydrogen-bond donors (Lipinski definition) is 1. The van der Waals surface area contributed by atoms with E-state index in [0.717, 1.165) is 22.3 Å². The maximum atomic E-state index is 5.89. The number of nitrogens with one attached hydrogen (secondary N) is 1. The molecule has 2 aromatic rings. The van der Waals surface area contributed by atoms with E-state index in [1.807, 2.05) is 30.3 Å². The van der Waals surface area contributed by atoms with Gasteiger partial charge in [-0.05, 0) is 29.3 Å². The van der Waals surface area contributed by atoms with Crippen LogP contribution in [0.3, 0.4) is 0 Å². The van der Waals surface area contributed by atoms with Crippen molar-refractivity contribution in [3.05, 3.63) is 64.1 Å². The molecule has 0 aliphatic heterocycles. The summed E-state index contributed by atoms with van der Waals surface area (Å²) in [5.74, 6) is 0.529. The molecule has 17 heavy (non-hydrogen) atoms. The van der Waals surface area contributed by atoms with Crippen molar-refractivity contribution in [3.8, 4) is 0 Å². The molecule has 0 saturated heterocycles. The first-order valence-electron chi connectivity index (χ1n) is 5.42. The lowest BCUT2D eigenvalue weighted by molar-refractivity contribution is 1.13. The molecule has 0 saturated carbocycles. The Morgan fingerprint density at radius 3 is 2.65 bits per heavy atom. The third-order valence-electron chi connectivity index (χ3n) is 2.53. The fourth-order valence-corrected chi connectivity index (χ4v) is 2.33. The average Bonchev–Trinajstić information content (AvgIpc) is 2.37. The van der Waals surface area contributed by atoms with Crippen LogP contribution in [0.1, 0.15) is 11.1 Å². The standard InChI is InChI=1S/C14H13BrClN/c15-13-6-3-4-11(8-13)10-17-14-7-2-1-5-12(14)9-16/h1-8,17H,9-10H2. The molecule has 0 atom stereocenters. The highest BCUT2D eigenvalue weighted by Crippen LogP contribution is 2.19. The molecule has 2 rings (SSSR count). The minimum atomic E-state index is 0.529. The Balaban J connectivity index is 2.07. The van der Waals surface area contributed by atoms with Gasteiger partial charge in [0, 0.05) is 22.6 Å². The minimum Gasteiger partial charge on any atom is -0.381 e. The summed E-state index contributed by atoms with van der Waals surface area (Å²) in [7, 11) is 0. The number of alkyl halides is 1. The second-order valence-electron chi connectivity index (χ2n) is 3.77. The molecule has 0 bridgehead atoms. The molecule has 0 aliphatic carbocycles. The van der Waals surface area contributed by atoms with Crippen LogP contribution in [0.5, 0.6) is 0 Å². The maximum absolute atomic E-state index is 5.89. The van der Waals surface area contributed by atoms with E-state index in [4.69, 9.17) is 11.6 Å². The molecular formula is C14H13BrClN. The van der Waals surface area contributed by atoms with Crippen LogP contribution >= 0.6 is 27.5 Å². The van der Waals surface area contributed by atoms with Crippen LogP contribution < -0.4 is 5.32 Å². The fourth-order valence-electron chi connectivity index (χ4n) is 1.65. The monoisotopic (exact) mass is 309 g/mol. The highest BCUT2D eigenvalue weighted by atomic mass is 79.9. The molecule has 0 amide bonds. The van der Waals surface area contributed by atoms with E-state index < -0.39 is 0 Å². The SMILES string of the molecule is ClCc1ccccc1NCc1cccc(Br)c1. The van der Waals surface area contributed by atoms with Crippen molar-refractivity contribution < 1.29 is 0 Å². The van der Waals surface area contributed by atoms with Crippen LogP contribution in [-0.2, 0) is 12.4 Å². The normalized spacial score (nSPS) is 10.2. The Kier molecular flexibility index (Phi) is 4.46. The van der Waals surface area contributed by atoms with Crippen molar-refractivity contribution >= 4 is 33.2 Å². The molecule has 2 aromatic carbocycles. The summed E-state index contributed by atoms with van der Waals surface area (Å²) in [4.78, 5) is 0. The zero-order valence-electron chi connectivity index (χ0n) is 9.29. The summed E-state index contributed by atoms with van der Waals surface area (Å²) < 4.78 is 1.10. The van der Waals surface area contributed by atoms with Gasteiger partial charge in [-0.1, -0.05) is 46.3 Å². The molecule has 3 heteroatoms. The lowest BCUT2D eigenvalue weighted by atomic mass is 10.2. The Hall–Kier alpha value is -0.990. The van der Waals surface area contributed by atoms with Crippen LogP contribution in [0.4, 0.5) is 5.69 Å². The second kappa shape index (κ2) is 6.08. The third-order valence-corrected chi connectivity index (χ3v) is 3.31. The summed E-state index contributed by atoms with van der Waals surface area (Å²) in [5.41, 5.74) is 3.47. The molecular weight excluding hydrogens is 298 g/mol. The van der Waals surface area contributed by atoms with Crippen molar-refractivity contribution in [2.75, 3.05) is 5.32 Å². The molecule has 0 unspecified atom stereocenters. The number of rotatable bonds is 4. The molecule has 0 aliphatic rings. The van der Waals surface area contributed by atoms with E-state index >= 15 is 0 Å². The van der Waals surface area contributed by atoms with Gasteiger partial charge in [-0.3, -0.25) is 0 Å². The quantitative estimate of drug-likeness (QED) is 0.800. The molecule has 0 fully saturated rings. The van der Waals surface area contributed by atoms with Gasteiger partial charge < -0.3 is 5.32 Å². The fraction of sp³-hybridized carbons (Fsp3) is 0.143.